The lowest BCUT2D eigenvalue weighted by Gasteiger charge is -2.33. The number of nitrogens with zero attached hydrogens (tertiary/aromatic N) is 4. The Morgan fingerprint density at radius 1 is 1.23 bits per heavy atom. The van der Waals surface area contributed by atoms with Gasteiger partial charge in [-0.3, -0.25) is 9.78 Å². The third-order valence-corrected chi connectivity index (χ3v) is 5.26. The Balaban J connectivity index is 1.72. The number of H-pyrrole nitrogens is 1. The first kappa shape index (κ1) is 16.8. The molecule has 0 saturated carbocycles. The Kier molecular flexibility index (Phi) is 3.86. The molecule has 6 heteroatoms. The zero-order chi connectivity index (χ0) is 18.5. The lowest BCUT2D eigenvalue weighted by atomic mass is 9.88. The summed E-state index contributed by atoms with van der Waals surface area (Å²) in [5.74, 6) is 0.609. The van der Waals surface area contributed by atoms with Gasteiger partial charge in [-0.15, -0.1) is 0 Å². The van der Waals surface area contributed by atoms with E-state index in [9.17, 15) is 4.79 Å². The molecule has 0 fully saturated rings. The fourth-order valence-corrected chi connectivity index (χ4v) is 3.75. The van der Waals surface area contributed by atoms with Gasteiger partial charge >= 0.3 is 0 Å². The molecule has 3 aromatic rings. The number of hydrogen-bond donors (Lipinski definition) is 1. The second-order valence-electron chi connectivity index (χ2n) is 8.13. The van der Waals surface area contributed by atoms with Gasteiger partial charge in [0, 0.05) is 13.1 Å². The van der Waals surface area contributed by atoms with Crippen LogP contribution in [0, 0.1) is 0 Å². The van der Waals surface area contributed by atoms with E-state index in [2.05, 4.69) is 60.0 Å². The lowest BCUT2D eigenvalue weighted by Crippen LogP contribution is -2.38. The molecule has 0 spiro atoms. The van der Waals surface area contributed by atoms with Crippen LogP contribution in [-0.4, -0.2) is 32.8 Å². The lowest BCUT2D eigenvalue weighted by molar-refractivity contribution is 0.366. The summed E-state index contributed by atoms with van der Waals surface area (Å²) in [7, 11) is 2.01. The molecule has 0 amide bonds. The molecule has 1 N–H and O–H groups in total. The van der Waals surface area contributed by atoms with Crippen LogP contribution in [0.15, 0.2) is 35.3 Å². The number of fused-ring (bicyclic) bond motifs is 2. The highest BCUT2D eigenvalue weighted by atomic mass is 16.1. The molecule has 2 heterocycles. The van der Waals surface area contributed by atoms with Crippen molar-refractivity contribution >= 4 is 17.0 Å². The molecule has 1 aliphatic carbocycles. The van der Waals surface area contributed by atoms with Crippen LogP contribution in [0.2, 0.25) is 0 Å². The molecule has 0 bridgehead atoms. The van der Waals surface area contributed by atoms with Crippen molar-refractivity contribution in [2.75, 3.05) is 11.9 Å². The van der Waals surface area contributed by atoms with Crippen molar-refractivity contribution in [3.05, 3.63) is 51.9 Å². The molecule has 0 saturated heterocycles. The predicted octanol–water partition coefficient (Wildman–Crippen LogP) is 2.87. The molecule has 0 radical (unpaired) electrons. The standard InChI is InChI=1S/C20H25N5O/c1-20(2,3)25-17-16(12-21-25)18(26)23-19(22-17)24(4)15-10-9-13-7-5-6-8-14(13)11-15/h5-8,12,15H,9-11H2,1-4H3,(H,22,23,26). The second-order valence-corrected chi connectivity index (χ2v) is 8.13. The predicted molar refractivity (Wildman–Crippen MR) is 104 cm³/mol. The summed E-state index contributed by atoms with van der Waals surface area (Å²) >= 11 is 0. The van der Waals surface area contributed by atoms with Crippen LogP contribution in [0.1, 0.15) is 38.3 Å². The number of aryl methyl sites for hydroxylation is 1. The average molecular weight is 351 g/mol. The van der Waals surface area contributed by atoms with Crippen molar-refractivity contribution in [2.45, 2.75) is 51.6 Å². The van der Waals surface area contributed by atoms with Gasteiger partial charge in [0.2, 0.25) is 5.95 Å². The largest absolute Gasteiger partial charge is 0.342 e. The van der Waals surface area contributed by atoms with Crippen molar-refractivity contribution in [1.82, 2.24) is 19.7 Å². The highest BCUT2D eigenvalue weighted by molar-refractivity contribution is 5.74. The van der Waals surface area contributed by atoms with Gasteiger partial charge in [0.1, 0.15) is 5.39 Å². The average Bonchev–Trinajstić information content (AvgIpc) is 3.05. The van der Waals surface area contributed by atoms with Gasteiger partial charge in [-0.05, 0) is 51.2 Å². The van der Waals surface area contributed by atoms with E-state index in [1.807, 2.05) is 11.7 Å². The Bertz CT molecular complexity index is 1010. The Morgan fingerprint density at radius 3 is 2.69 bits per heavy atom. The fraction of sp³-hybridized carbons (Fsp3) is 0.450. The summed E-state index contributed by atoms with van der Waals surface area (Å²) in [5.41, 5.74) is 3.09. The van der Waals surface area contributed by atoms with E-state index in [-0.39, 0.29) is 11.1 Å². The molecule has 0 aliphatic heterocycles. The van der Waals surface area contributed by atoms with E-state index in [0.717, 1.165) is 19.3 Å². The first-order valence-electron chi connectivity index (χ1n) is 9.13. The van der Waals surface area contributed by atoms with Crippen LogP contribution in [0.25, 0.3) is 11.0 Å². The molecule has 1 aromatic carbocycles. The zero-order valence-corrected chi connectivity index (χ0v) is 15.8. The molecule has 1 unspecified atom stereocenters. The van der Waals surface area contributed by atoms with Gasteiger partial charge in [0.05, 0.1) is 11.7 Å². The van der Waals surface area contributed by atoms with E-state index in [1.54, 1.807) is 6.20 Å². The molecular formula is C20H25N5O. The van der Waals surface area contributed by atoms with Gasteiger partial charge in [0.15, 0.2) is 5.65 Å². The second kappa shape index (κ2) is 5.97. The van der Waals surface area contributed by atoms with Crippen LogP contribution in [0.3, 0.4) is 0 Å². The Labute approximate surface area is 152 Å². The smallest absolute Gasteiger partial charge is 0.263 e. The van der Waals surface area contributed by atoms with Crippen molar-refractivity contribution in [1.29, 1.82) is 0 Å². The number of rotatable bonds is 2. The number of anilines is 1. The molecule has 136 valence electrons. The minimum Gasteiger partial charge on any atom is -0.342 e. The number of benzene rings is 1. The molecular weight excluding hydrogens is 326 g/mol. The Morgan fingerprint density at radius 2 is 1.96 bits per heavy atom. The number of hydrogen-bond acceptors (Lipinski definition) is 4. The van der Waals surface area contributed by atoms with Gasteiger partial charge < -0.3 is 4.90 Å². The van der Waals surface area contributed by atoms with E-state index in [0.29, 0.717) is 23.0 Å². The summed E-state index contributed by atoms with van der Waals surface area (Å²) in [6.45, 7) is 6.18. The summed E-state index contributed by atoms with van der Waals surface area (Å²) < 4.78 is 1.82. The summed E-state index contributed by atoms with van der Waals surface area (Å²) in [5, 5.41) is 4.92. The monoisotopic (exact) mass is 351 g/mol. The summed E-state index contributed by atoms with van der Waals surface area (Å²) in [6, 6.07) is 8.92. The number of likely N-dealkylation sites (N-methyl/N-ethyl adjacent to an activating group) is 1. The highest BCUT2D eigenvalue weighted by Gasteiger charge is 2.25. The summed E-state index contributed by atoms with van der Waals surface area (Å²) in [6.07, 6.45) is 4.67. The van der Waals surface area contributed by atoms with Crippen LogP contribution in [0.4, 0.5) is 5.95 Å². The van der Waals surface area contributed by atoms with Crippen molar-refractivity contribution in [3.8, 4) is 0 Å². The van der Waals surface area contributed by atoms with E-state index in [1.165, 1.54) is 11.1 Å². The zero-order valence-electron chi connectivity index (χ0n) is 15.8. The molecule has 2 aromatic heterocycles. The molecule has 26 heavy (non-hydrogen) atoms. The van der Waals surface area contributed by atoms with Gasteiger partial charge in [0.25, 0.3) is 5.56 Å². The van der Waals surface area contributed by atoms with E-state index >= 15 is 0 Å². The molecule has 1 aliphatic rings. The number of nitrogens with one attached hydrogen (secondary N) is 1. The van der Waals surface area contributed by atoms with E-state index < -0.39 is 0 Å². The normalized spacial score (nSPS) is 17.3. The van der Waals surface area contributed by atoms with Crippen molar-refractivity contribution < 1.29 is 0 Å². The maximum absolute atomic E-state index is 12.5. The topological polar surface area (TPSA) is 66.8 Å². The fourth-order valence-electron chi connectivity index (χ4n) is 3.75. The first-order valence-corrected chi connectivity index (χ1v) is 9.13. The molecule has 1 atom stereocenters. The number of aromatic amines is 1. The maximum Gasteiger partial charge on any atom is 0.263 e. The van der Waals surface area contributed by atoms with Crippen LogP contribution in [-0.2, 0) is 18.4 Å². The SMILES string of the molecule is CN(c1nc2c(cnn2C(C)(C)C)c(=O)[nH]1)C1CCc2ccccc2C1. The Hall–Kier alpha value is -2.63. The van der Waals surface area contributed by atoms with Crippen LogP contribution in [0.5, 0.6) is 0 Å². The van der Waals surface area contributed by atoms with E-state index in [4.69, 9.17) is 4.98 Å². The third-order valence-electron chi connectivity index (χ3n) is 5.26. The van der Waals surface area contributed by atoms with Crippen molar-refractivity contribution in [2.24, 2.45) is 0 Å². The minimum absolute atomic E-state index is 0.136. The number of aromatic nitrogens is 4. The quantitative estimate of drug-likeness (QED) is 0.771. The van der Waals surface area contributed by atoms with Gasteiger partial charge in [-0.25, -0.2) is 4.68 Å². The molecule has 6 nitrogen and oxygen atoms in total. The highest BCUT2D eigenvalue weighted by Crippen LogP contribution is 2.26. The van der Waals surface area contributed by atoms with Crippen LogP contribution >= 0.6 is 0 Å². The van der Waals surface area contributed by atoms with Crippen molar-refractivity contribution in [3.63, 3.8) is 0 Å². The maximum atomic E-state index is 12.5. The first-order chi connectivity index (χ1) is 12.3. The molecule has 4 rings (SSSR count). The third kappa shape index (κ3) is 2.79. The summed E-state index contributed by atoms with van der Waals surface area (Å²) in [4.78, 5) is 22.4. The van der Waals surface area contributed by atoms with Gasteiger partial charge in [-0.1, -0.05) is 24.3 Å². The minimum atomic E-state index is -0.234. The van der Waals surface area contributed by atoms with Gasteiger partial charge in [-0.2, -0.15) is 10.1 Å². The van der Waals surface area contributed by atoms with Crippen LogP contribution < -0.4 is 10.5 Å².